The van der Waals surface area contributed by atoms with E-state index in [1.165, 1.54) is 5.56 Å². The molecule has 1 aromatic heterocycles. The van der Waals surface area contributed by atoms with Crippen molar-refractivity contribution in [2.24, 2.45) is 5.73 Å². The Morgan fingerprint density at radius 2 is 1.77 bits per heavy atom. The van der Waals surface area contributed by atoms with Gasteiger partial charge in [0.15, 0.2) is 0 Å². The number of hydrogen-bond donors (Lipinski definition) is 1. The van der Waals surface area contributed by atoms with Crippen molar-refractivity contribution < 1.29 is 4.74 Å². The Balaban J connectivity index is 1.59. The fraction of sp³-hybridized carbons (Fsp3) is 0.316. The van der Waals surface area contributed by atoms with Gasteiger partial charge in [-0.05, 0) is 40.1 Å². The van der Waals surface area contributed by atoms with Gasteiger partial charge in [0.25, 0.3) is 0 Å². The maximum atomic E-state index is 6.12. The minimum absolute atomic E-state index is 0.0191. The van der Waals surface area contributed by atoms with Crippen molar-refractivity contribution in [2.75, 3.05) is 25.1 Å². The summed E-state index contributed by atoms with van der Waals surface area (Å²) in [6.07, 6.45) is 0.826. The number of anilines is 1. The molecule has 4 rings (SSSR count). The van der Waals surface area contributed by atoms with E-state index in [-0.39, 0.29) is 12.1 Å². The van der Waals surface area contributed by atoms with Crippen LogP contribution in [0.15, 0.2) is 54.6 Å². The van der Waals surface area contributed by atoms with Crippen molar-refractivity contribution in [3.8, 4) is 16.8 Å². The van der Waals surface area contributed by atoms with Gasteiger partial charge in [0.05, 0.1) is 11.8 Å². The van der Waals surface area contributed by atoms with Crippen LogP contribution in [0.3, 0.4) is 0 Å². The van der Waals surface area contributed by atoms with Crippen LogP contribution in [0.4, 0.5) is 5.95 Å². The highest BCUT2D eigenvalue weighted by Gasteiger charge is 2.29. The van der Waals surface area contributed by atoms with Crippen LogP contribution >= 0.6 is 0 Å². The first-order valence-corrected chi connectivity index (χ1v) is 8.74. The summed E-state index contributed by atoms with van der Waals surface area (Å²) in [4.78, 5) is 2.13. The Hall–Kier alpha value is -2.77. The van der Waals surface area contributed by atoms with Gasteiger partial charge in [-0.1, -0.05) is 47.6 Å². The minimum Gasteiger partial charge on any atom is -0.378 e. The molecule has 134 valence electrons. The molecule has 2 N–H and O–H groups in total. The largest absolute Gasteiger partial charge is 0.378 e. The normalized spacial score (nSPS) is 20.3. The van der Waals surface area contributed by atoms with Gasteiger partial charge in [-0.3, -0.25) is 0 Å². The maximum absolute atomic E-state index is 6.12. The standard InChI is InChI=1S/C19H22N6O/c1-26-18-13-24(12-11-17(18)20)19-21-22-23-25(19)16-9-7-15(8-10-16)14-5-3-2-4-6-14/h2-10,17-18H,11-13,20H2,1H3/t17-,18+/m1/s1. The van der Waals surface area contributed by atoms with Crippen molar-refractivity contribution in [3.05, 3.63) is 54.6 Å². The molecule has 1 fully saturated rings. The summed E-state index contributed by atoms with van der Waals surface area (Å²) in [5, 5.41) is 12.3. The Labute approximate surface area is 152 Å². The first kappa shape index (κ1) is 16.7. The molecule has 7 nitrogen and oxygen atoms in total. The summed E-state index contributed by atoms with van der Waals surface area (Å²) >= 11 is 0. The lowest BCUT2D eigenvalue weighted by Gasteiger charge is -2.35. The third-order valence-electron chi connectivity index (χ3n) is 4.87. The predicted molar refractivity (Wildman–Crippen MR) is 100 cm³/mol. The highest BCUT2D eigenvalue weighted by atomic mass is 16.5. The first-order valence-electron chi connectivity index (χ1n) is 8.74. The van der Waals surface area contributed by atoms with Crippen molar-refractivity contribution in [1.29, 1.82) is 0 Å². The summed E-state index contributed by atoms with van der Waals surface area (Å²) in [5.41, 5.74) is 9.38. The van der Waals surface area contributed by atoms with Crippen LogP contribution in [0.1, 0.15) is 6.42 Å². The SMILES string of the molecule is CO[C@H]1CN(c2nnnn2-c2ccc(-c3ccccc3)cc2)CC[C@H]1N. The zero-order valence-electron chi connectivity index (χ0n) is 14.7. The number of tetrazole rings is 1. The number of benzene rings is 2. The van der Waals surface area contributed by atoms with E-state index in [1.807, 2.05) is 30.3 Å². The molecule has 26 heavy (non-hydrogen) atoms. The van der Waals surface area contributed by atoms with Crippen molar-refractivity contribution >= 4 is 5.95 Å². The van der Waals surface area contributed by atoms with E-state index in [9.17, 15) is 0 Å². The van der Waals surface area contributed by atoms with Gasteiger partial charge in [0.2, 0.25) is 5.95 Å². The molecule has 2 heterocycles. The second-order valence-electron chi connectivity index (χ2n) is 6.48. The lowest BCUT2D eigenvalue weighted by atomic mass is 10.0. The van der Waals surface area contributed by atoms with Gasteiger partial charge in [-0.25, -0.2) is 0 Å². The summed E-state index contributed by atoms with van der Waals surface area (Å²) in [5.74, 6) is 0.714. The highest BCUT2D eigenvalue weighted by molar-refractivity contribution is 5.64. The smallest absolute Gasteiger partial charge is 0.250 e. The molecule has 1 aliphatic heterocycles. The number of aromatic nitrogens is 4. The van der Waals surface area contributed by atoms with E-state index in [4.69, 9.17) is 10.5 Å². The Kier molecular flexibility index (Phi) is 4.64. The summed E-state index contributed by atoms with van der Waals surface area (Å²) in [7, 11) is 1.69. The molecule has 0 amide bonds. The molecule has 0 radical (unpaired) electrons. The first-order chi connectivity index (χ1) is 12.8. The number of hydrogen-bond acceptors (Lipinski definition) is 6. The molecule has 1 aliphatic rings. The molecule has 0 aliphatic carbocycles. The highest BCUT2D eigenvalue weighted by Crippen LogP contribution is 2.24. The summed E-state index contributed by atoms with van der Waals surface area (Å²) in [6.45, 7) is 1.49. The Morgan fingerprint density at radius 3 is 2.50 bits per heavy atom. The number of piperidine rings is 1. The van der Waals surface area contributed by atoms with Crippen LogP contribution in [0, 0.1) is 0 Å². The monoisotopic (exact) mass is 350 g/mol. The molecule has 2 atom stereocenters. The van der Waals surface area contributed by atoms with E-state index in [0.29, 0.717) is 12.5 Å². The predicted octanol–water partition coefficient (Wildman–Crippen LogP) is 1.88. The maximum Gasteiger partial charge on any atom is 0.250 e. The van der Waals surface area contributed by atoms with Crippen LogP contribution in [0.25, 0.3) is 16.8 Å². The van der Waals surface area contributed by atoms with Gasteiger partial charge in [0.1, 0.15) is 0 Å². The van der Waals surface area contributed by atoms with Crippen LogP contribution in [0.5, 0.6) is 0 Å². The third-order valence-corrected chi connectivity index (χ3v) is 4.87. The van der Waals surface area contributed by atoms with Crippen LogP contribution in [0.2, 0.25) is 0 Å². The minimum atomic E-state index is -0.0191. The average molecular weight is 350 g/mol. The third kappa shape index (κ3) is 3.18. The van der Waals surface area contributed by atoms with E-state index < -0.39 is 0 Å². The van der Waals surface area contributed by atoms with E-state index in [0.717, 1.165) is 24.2 Å². The van der Waals surface area contributed by atoms with Gasteiger partial charge in [0, 0.05) is 26.2 Å². The van der Waals surface area contributed by atoms with Crippen molar-refractivity contribution in [1.82, 2.24) is 20.2 Å². The Morgan fingerprint density at radius 1 is 1.04 bits per heavy atom. The number of nitrogens with zero attached hydrogens (tertiary/aromatic N) is 5. The molecular formula is C19H22N6O. The van der Waals surface area contributed by atoms with E-state index in [2.05, 4.69) is 44.7 Å². The van der Waals surface area contributed by atoms with Crippen LogP contribution in [-0.2, 0) is 4.74 Å². The number of methoxy groups -OCH3 is 1. The van der Waals surface area contributed by atoms with E-state index >= 15 is 0 Å². The van der Waals surface area contributed by atoms with Crippen molar-refractivity contribution in [2.45, 2.75) is 18.6 Å². The molecule has 7 heteroatoms. The van der Waals surface area contributed by atoms with Crippen LogP contribution < -0.4 is 10.6 Å². The summed E-state index contributed by atoms with van der Waals surface area (Å²) in [6, 6.07) is 18.6. The summed E-state index contributed by atoms with van der Waals surface area (Å²) < 4.78 is 7.26. The van der Waals surface area contributed by atoms with Gasteiger partial charge < -0.3 is 15.4 Å². The molecule has 3 aromatic rings. The quantitative estimate of drug-likeness (QED) is 0.774. The number of rotatable bonds is 4. The number of nitrogens with two attached hydrogens (primary N) is 1. The number of ether oxygens (including phenoxy) is 1. The molecule has 0 saturated carbocycles. The fourth-order valence-corrected chi connectivity index (χ4v) is 3.34. The molecule has 2 aromatic carbocycles. The zero-order valence-corrected chi connectivity index (χ0v) is 14.7. The lowest BCUT2D eigenvalue weighted by Crippen LogP contribution is -2.52. The fourth-order valence-electron chi connectivity index (χ4n) is 3.34. The topological polar surface area (TPSA) is 82.1 Å². The van der Waals surface area contributed by atoms with Gasteiger partial charge in [-0.15, -0.1) is 0 Å². The van der Waals surface area contributed by atoms with Gasteiger partial charge >= 0.3 is 0 Å². The second-order valence-corrected chi connectivity index (χ2v) is 6.48. The van der Waals surface area contributed by atoms with Gasteiger partial charge in [-0.2, -0.15) is 4.68 Å². The van der Waals surface area contributed by atoms with Crippen molar-refractivity contribution in [3.63, 3.8) is 0 Å². The zero-order chi connectivity index (χ0) is 17.9. The molecule has 0 bridgehead atoms. The lowest BCUT2D eigenvalue weighted by molar-refractivity contribution is 0.0725. The second kappa shape index (κ2) is 7.23. The van der Waals surface area contributed by atoms with E-state index in [1.54, 1.807) is 11.8 Å². The Bertz CT molecular complexity index is 848. The molecule has 0 unspecified atom stereocenters. The van der Waals surface area contributed by atoms with Crippen LogP contribution in [-0.4, -0.2) is 52.6 Å². The average Bonchev–Trinajstić information content (AvgIpc) is 3.19. The molecule has 1 saturated heterocycles. The molecular weight excluding hydrogens is 328 g/mol. The molecule has 0 spiro atoms.